The lowest BCUT2D eigenvalue weighted by molar-refractivity contribution is 0.0939. The number of carbonyl (C=O) groups is 1. The van der Waals surface area contributed by atoms with E-state index in [0.29, 0.717) is 5.56 Å². The van der Waals surface area contributed by atoms with Crippen molar-refractivity contribution in [2.75, 3.05) is 0 Å². The number of hydrogen-bond donors (Lipinski definition) is 1. The second kappa shape index (κ2) is 6.52. The molecule has 0 radical (unpaired) electrons. The van der Waals surface area contributed by atoms with E-state index in [1.807, 2.05) is 55.5 Å². The van der Waals surface area contributed by atoms with Crippen molar-refractivity contribution in [1.29, 1.82) is 0 Å². The van der Waals surface area contributed by atoms with Crippen molar-refractivity contribution in [3.8, 4) is 0 Å². The van der Waals surface area contributed by atoms with Crippen LogP contribution in [0.15, 0.2) is 53.0 Å². The lowest BCUT2D eigenvalue weighted by Gasteiger charge is -2.16. The van der Waals surface area contributed by atoms with Crippen LogP contribution in [0.5, 0.6) is 0 Å². The zero-order chi connectivity index (χ0) is 13.8. The van der Waals surface area contributed by atoms with Gasteiger partial charge in [-0.3, -0.25) is 4.79 Å². The quantitative estimate of drug-likeness (QED) is 0.712. The fraction of sp³-hybridized carbons (Fsp3) is 0.133. The monoisotopic (exact) mass is 429 g/mol. The summed E-state index contributed by atoms with van der Waals surface area (Å²) in [6.45, 7) is 1.98. The molecular formula is C15H13BrINO. The van der Waals surface area contributed by atoms with Gasteiger partial charge < -0.3 is 5.32 Å². The molecule has 0 aliphatic carbocycles. The molecule has 2 nitrogen and oxygen atoms in total. The van der Waals surface area contributed by atoms with E-state index in [-0.39, 0.29) is 11.9 Å². The summed E-state index contributed by atoms with van der Waals surface area (Å²) >= 11 is 5.70. The zero-order valence-corrected chi connectivity index (χ0v) is 14.1. The Hall–Kier alpha value is -0.880. The predicted octanol–water partition coefficient (Wildman–Crippen LogP) is 4.54. The molecule has 0 unspecified atom stereocenters. The van der Waals surface area contributed by atoms with Crippen molar-refractivity contribution in [2.24, 2.45) is 0 Å². The van der Waals surface area contributed by atoms with Crippen LogP contribution in [0.4, 0.5) is 0 Å². The molecule has 0 fully saturated rings. The van der Waals surface area contributed by atoms with Gasteiger partial charge in [-0.2, -0.15) is 0 Å². The number of benzene rings is 2. The summed E-state index contributed by atoms with van der Waals surface area (Å²) in [6.07, 6.45) is 0. The molecule has 19 heavy (non-hydrogen) atoms. The van der Waals surface area contributed by atoms with E-state index >= 15 is 0 Å². The molecule has 1 amide bonds. The van der Waals surface area contributed by atoms with Crippen LogP contribution < -0.4 is 5.32 Å². The van der Waals surface area contributed by atoms with Gasteiger partial charge in [0.15, 0.2) is 0 Å². The molecule has 1 N–H and O–H groups in total. The normalized spacial score (nSPS) is 11.9. The smallest absolute Gasteiger partial charge is 0.251 e. The van der Waals surface area contributed by atoms with Crippen molar-refractivity contribution < 1.29 is 4.79 Å². The van der Waals surface area contributed by atoms with E-state index in [4.69, 9.17) is 0 Å². The maximum absolute atomic E-state index is 12.2. The SMILES string of the molecule is C[C@@H](NC(=O)c1cccc(I)c1)c1ccccc1Br. The summed E-state index contributed by atoms with van der Waals surface area (Å²) in [5, 5.41) is 3.01. The van der Waals surface area contributed by atoms with E-state index in [2.05, 4.69) is 43.8 Å². The molecule has 2 aromatic carbocycles. The molecule has 0 aliphatic heterocycles. The summed E-state index contributed by atoms with van der Waals surface area (Å²) in [4.78, 5) is 12.2. The molecule has 2 rings (SSSR count). The molecule has 0 saturated heterocycles. The van der Waals surface area contributed by atoms with Gasteiger partial charge in [0, 0.05) is 13.6 Å². The zero-order valence-electron chi connectivity index (χ0n) is 10.4. The van der Waals surface area contributed by atoms with Crippen molar-refractivity contribution in [3.63, 3.8) is 0 Å². The van der Waals surface area contributed by atoms with Crippen molar-refractivity contribution in [2.45, 2.75) is 13.0 Å². The third kappa shape index (κ3) is 3.79. The van der Waals surface area contributed by atoms with Crippen LogP contribution in [0, 0.1) is 3.57 Å². The molecule has 0 heterocycles. The highest BCUT2D eigenvalue weighted by Gasteiger charge is 2.13. The summed E-state index contributed by atoms with van der Waals surface area (Å²) < 4.78 is 2.06. The van der Waals surface area contributed by atoms with Crippen LogP contribution in [0.2, 0.25) is 0 Å². The largest absolute Gasteiger partial charge is 0.345 e. The Kier molecular flexibility index (Phi) is 4.99. The standard InChI is InChI=1S/C15H13BrINO/c1-10(13-7-2-3-8-14(13)16)18-15(19)11-5-4-6-12(17)9-11/h2-10H,1H3,(H,18,19)/t10-/m1/s1. The highest BCUT2D eigenvalue weighted by atomic mass is 127. The Morgan fingerprint density at radius 2 is 1.95 bits per heavy atom. The molecule has 0 spiro atoms. The molecule has 0 aliphatic rings. The molecule has 4 heteroatoms. The van der Waals surface area contributed by atoms with Crippen molar-refractivity contribution in [1.82, 2.24) is 5.32 Å². The number of rotatable bonds is 3. The Balaban J connectivity index is 2.13. The van der Waals surface area contributed by atoms with Crippen LogP contribution in [-0.2, 0) is 0 Å². The number of carbonyl (C=O) groups excluding carboxylic acids is 1. The Morgan fingerprint density at radius 1 is 1.21 bits per heavy atom. The minimum Gasteiger partial charge on any atom is -0.345 e. The molecule has 0 saturated carbocycles. The first kappa shape index (κ1) is 14.5. The first-order chi connectivity index (χ1) is 9.08. The van der Waals surface area contributed by atoms with Gasteiger partial charge in [-0.25, -0.2) is 0 Å². The van der Waals surface area contributed by atoms with Gasteiger partial charge in [0.25, 0.3) is 5.91 Å². The van der Waals surface area contributed by atoms with Gasteiger partial charge in [-0.05, 0) is 59.3 Å². The van der Waals surface area contributed by atoms with Gasteiger partial charge in [-0.1, -0.05) is 40.2 Å². The van der Waals surface area contributed by atoms with Crippen LogP contribution in [-0.4, -0.2) is 5.91 Å². The lowest BCUT2D eigenvalue weighted by Crippen LogP contribution is -2.26. The average Bonchev–Trinajstić information content (AvgIpc) is 2.39. The Bertz CT molecular complexity index is 600. The van der Waals surface area contributed by atoms with Gasteiger partial charge >= 0.3 is 0 Å². The van der Waals surface area contributed by atoms with E-state index in [9.17, 15) is 4.79 Å². The number of hydrogen-bond acceptors (Lipinski definition) is 1. The van der Waals surface area contributed by atoms with E-state index in [0.717, 1.165) is 13.6 Å². The second-order valence-electron chi connectivity index (χ2n) is 4.23. The number of nitrogens with one attached hydrogen (secondary N) is 1. The molecule has 2 aromatic rings. The second-order valence-corrected chi connectivity index (χ2v) is 6.33. The highest BCUT2D eigenvalue weighted by Crippen LogP contribution is 2.23. The molecule has 98 valence electrons. The van der Waals surface area contributed by atoms with Crippen molar-refractivity contribution in [3.05, 3.63) is 67.7 Å². The van der Waals surface area contributed by atoms with Gasteiger partial charge in [0.2, 0.25) is 0 Å². The first-order valence-electron chi connectivity index (χ1n) is 5.89. The van der Waals surface area contributed by atoms with Crippen LogP contribution >= 0.6 is 38.5 Å². The maximum atomic E-state index is 12.2. The summed E-state index contributed by atoms with van der Waals surface area (Å²) in [6, 6.07) is 15.4. The molecule has 0 bridgehead atoms. The minimum atomic E-state index is -0.0539. The van der Waals surface area contributed by atoms with Crippen molar-refractivity contribution >= 4 is 44.4 Å². The molecular weight excluding hydrogens is 417 g/mol. The number of amides is 1. The average molecular weight is 430 g/mol. The first-order valence-corrected chi connectivity index (χ1v) is 7.76. The van der Waals surface area contributed by atoms with E-state index in [1.165, 1.54) is 0 Å². The van der Waals surface area contributed by atoms with Crippen LogP contribution in [0.25, 0.3) is 0 Å². The summed E-state index contributed by atoms with van der Waals surface area (Å²) in [7, 11) is 0. The Morgan fingerprint density at radius 3 is 2.63 bits per heavy atom. The van der Waals surface area contributed by atoms with E-state index in [1.54, 1.807) is 0 Å². The van der Waals surface area contributed by atoms with Gasteiger partial charge in [-0.15, -0.1) is 0 Å². The molecule has 1 atom stereocenters. The third-order valence-electron chi connectivity index (χ3n) is 2.81. The minimum absolute atomic E-state index is 0.0408. The van der Waals surface area contributed by atoms with E-state index < -0.39 is 0 Å². The topological polar surface area (TPSA) is 29.1 Å². The maximum Gasteiger partial charge on any atom is 0.251 e. The third-order valence-corrected chi connectivity index (χ3v) is 4.20. The highest BCUT2D eigenvalue weighted by molar-refractivity contribution is 14.1. The lowest BCUT2D eigenvalue weighted by atomic mass is 10.1. The summed E-state index contributed by atoms with van der Waals surface area (Å²) in [5.74, 6) is -0.0539. The van der Waals surface area contributed by atoms with Crippen LogP contribution in [0.3, 0.4) is 0 Å². The van der Waals surface area contributed by atoms with Gasteiger partial charge in [0.05, 0.1) is 6.04 Å². The van der Waals surface area contributed by atoms with Gasteiger partial charge in [0.1, 0.15) is 0 Å². The fourth-order valence-corrected chi connectivity index (χ4v) is 2.98. The fourth-order valence-electron chi connectivity index (χ4n) is 1.81. The number of halogens is 2. The van der Waals surface area contributed by atoms with Crippen LogP contribution in [0.1, 0.15) is 28.9 Å². The summed E-state index contributed by atoms with van der Waals surface area (Å²) in [5.41, 5.74) is 1.76. The Labute approximate surface area is 134 Å². The molecule has 0 aromatic heterocycles. The predicted molar refractivity (Wildman–Crippen MR) is 89.2 cm³/mol.